The Labute approximate surface area is 218 Å². The van der Waals surface area contributed by atoms with Crippen LogP contribution in [0.25, 0.3) is 0 Å². The number of rotatable bonds is 7. The maximum Gasteiger partial charge on any atom is 0.419 e. The summed E-state index contributed by atoms with van der Waals surface area (Å²) in [6.07, 6.45) is -3.45. The van der Waals surface area contributed by atoms with Crippen molar-refractivity contribution >= 4 is 63.4 Å². The number of nitroso groups, excluding NO2 is 1. The molecule has 0 aromatic carbocycles. The van der Waals surface area contributed by atoms with Crippen LogP contribution >= 0.6 is 34.7 Å². The minimum atomic E-state index is -4.77. The SMILES string of the molecule is Nc1nc(C(N=O)C(=O)N[C@@H]2C(=O)N3C(C(=O)O)=C(Sc4cnc(N)c(C(F)(F)F)c4)CCC23)c(Cl)s1. The van der Waals surface area contributed by atoms with Crippen LogP contribution in [0.15, 0.2) is 32.9 Å². The summed E-state index contributed by atoms with van der Waals surface area (Å²) in [6.45, 7) is 0. The van der Waals surface area contributed by atoms with E-state index in [4.69, 9.17) is 23.1 Å². The van der Waals surface area contributed by atoms with Gasteiger partial charge in [-0.2, -0.15) is 13.2 Å². The maximum absolute atomic E-state index is 13.2. The van der Waals surface area contributed by atoms with Gasteiger partial charge in [0.15, 0.2) is 5.13 Å². The highest BCUT2D eigenvalue weighted by atomic mass is 35.5. The van der Waals surface area contributed by atoms with E-state index in [1.165, 1.54) is 0 Å². The van der Waals surface area contributed by atoms with E-state index in [1.54, 1.807) is 0 Å². The highest BCUT2D eigenvalue weighted by molar-refractivity contribution is 8.03. The van der Waals surface area contributed by atoms with Crippen molar-refractivity contribution < 1.29 is 32.7 Å². The predicted molar refractivity (Wildman–Crippen MR) is 126 cm³/mol. The zero-order valence-corrected chi connectivity index (χ0v) is 20.5. The van der Waals surface area contributed by atoms with Gasteiger partial charge in [-0.1, -0.05) is 34.7 Å². The Balaban J connectivity index is 1.55. The van der Waals surface area contributed by atoms with Gasteiger partial charge < -0.3 is 21.9 Å². The van der Waals surface area contributed by atoms with E-state index in [0.717, 1.165) is 28.5 Å². The normalized spacial score (nSPS) is 20.2. The van der Waals surface area contributed by atoms with E-state index in [1.807, 2.05) is 0 Å². The Kier molecular flexibility index (Phi) is 7.04. The van der Waals surface area contributed by atoms with Gasteiger partial charge in [0.25, 0.3) is 11.8 Å². The van der Waals surface area contributed by atoms with Gasteiger partial charge in [-0.25, -0.2) is 14.8 Å². The van der Waals surface area contributed by atoms with Crippen molar-refractivity contribution in [3.63, 3.8) is 0 Å². The van der Waals surface area contributed by atoms with Crippen LogP contribution < -0.4 is 16.8 Å². The van der Waals surface area contributed by atoms with Crippen molar-refractivity contribution in [1.82, 2.24) is 20.2 Å². The standard InChI is InChI=1S/C19H15ClF3N7O5S2/c20-13-10(28-18(25)37-13)11(29-35)15(31)27-9-7-1-2-8(12(17(33)34)30(7)16(9)32)36-5-3-6(19(21,22)23)14(24)26-4-5/h3-4,7,9,11H,1-2H2,(H2,24,26)(H2,25,28)(H,27,31)(H,33,34)/t7?,9-,11?/m0/s1. The molecule has 1 fully saturated rings. The van der Waals surface area contributed by atoms with Crippen LogP contribution in [0.4, 0.5) is 24.1 Å². The van der Waals surface area contributed by atoms with E-state index in [0.29, 0.717) is 11.8 Å². The number of nitrogen functional groups attached to an aromatic ring is 2. The number of carbonyl (C=O) groups excluding carboxylic acids is 2. The smallest absolute Gasteiger partial charge is 0.419 e. The Hall–Kier alpha value is -3.44. The number of carboxylic acids is 1. The van der Waals surface area contributed by atoms with E-state index < -0.39 is 59.2 Å². The lowest BCUT2D eigenvalue weighted by Gasteiger charge is -2.50. The third-order valence-corrected chi connectivity index (χ3v) is 7.79. The fourth-order valence-electron chi connectivity index (χ4n) is 3.96. The first kappa shape index (κ1) is 26.6. The van der Waals surface area contributed by atoms with E-state index >= 15 is 0 Å². The van der Waals surface area contributed by atoms with Crippen LogP contribution in [-0.2, 0) is 20.6 Å². The van der Waals surface area contributed by atoms with Crippen molar-refractivity contribution in [1.29, 1.82) is 0 Å². The number of nitrogens with one attached hydrogen (secondary N) is 1. The molecule has 4 heterocycles. The molecule has 196 valence electrons. The van der Waals surface area contributed by atoms with E-state index in [2.05, 4.69) is 20.5 Å². The molecular weight excluding hydrogens is 563 g/mol. The molecule has 37 heavy (non-hydrogen) atoms. The quantitative estimate of drug-likeness (QED) is 0.281. The number of nitrogens with zero attached hydrogens (tertiary/aromatic N) is 4. The van der Waals surface area contributed by atoms with Gasteiger partial charge in [0.2, 0.25) is 6.04 Å². The summed E-state index contributed by atoms with van der Waals surface area (Å²) >= 11 is 7.48. The van der Waals surface area contributed by atoms with Gasteiger partial charge in [0, 0.05) is 16.0 Å². The molecular formula is C19H15ClF3N7O5S2. The molecule has 3 atom stereocenters. The predicted octanol–water partition coefficient (Wildman–Crippen LogP) is 2.76. The molecule has 12 nitrogen and oxygen atoms in total. The summed E-state index contributed by atoms with van der Waals surface area (Å²) in [4.78, 5) is 57.2. The van der Waals surface area contributed by atoms with Crippen LogP contribution in [0.1, 0.15) is 30.1 Å². The average molecular weight is 578 g/mol. The lowest BCUT2D eigenvalue weighted by Crippen LogP contribution is -2.71. The maximum atomic E-state index is 13.2. The summed E-state index contributed by atoms with van der Waals surface area (Å²) in [5.41, 5.74) is 9.06. The molecule has 2 aliphatic rings. The number of β-lactam (4-membered cyclic amide) rings is 1. The number of nitrogens with two attached hydrogens (primary N) is 2. The number of anilines is 2. The number of carboxylic acid groups (broad SMARTS) is 1. The first-order valence-electron chi connectivity index (χ1n) is 10.2. The number of pyridine rings is 1. The molecule has 18 heteroatoms. The number of thiazole rings is 1. The minimum Gasteiger partial charge on any atom is -0.477 e. The molecule has 0 saturated carbocycles. The summed E-state index contributed by atoms with van der Waals surface area (Å²) < 4.78 is 39.5. The summed E-state index contributed by atoms with van der Waals surface area (Å²) in [5.74, 6) is -3.97. The molecule has 1 saturated heterocycles. The monoisotopic (exact) mass is 577 g/mol. The lowest BCUT2D eigenvalue weighted by atomic mass is 9.86. The molecule has 2 aliphatic heterocycles. The van der Waals surface area contributed by atoms with Crippen LogP contribution in [0.2, 0.25) is 4.34 Å². The Bertz CT molecular complexity index is 1350. The second-order valence-corrected chi connectivity index (χ2v) is 10.6. The number of halogens is 4. The van der Waals surface area contributed by atoms with E-state index in [-0.39, 0.29) is 37.8 Å². The molecule has 2 unspecified atom stereocenters. The first-order chi connectivity index (χ1) is 17.3. The Morgan fingerprint density at radius 2 is 2.08 bits per heavy atom. The highest BCUT2D eigenvalue weighted by Crippen LogP contribution is 2.44. The number of amides is 2. The Morgan fingerprint density at radius 3 is 2.65 bits per heavy atom. The number of fused-ring (bicyclic) bond motifs is 1. The fourth-order valence-corrected chi connectivity index (χ4v) is 6.00. The summed E-state index contributed by atoms with van der Waals surface area (Å²) in [6, 6.07) is -2.88. The van der Waals surface area contributed by atoms with Crippen molar-refractivity contribution in [3.8, 4) is 0 Å². The lowest BCUT2D eigenvalue weighted by molar-refractivity contribution is -0.156. The molecule has 0 spiro atoms. The van der Waals surface area contributed by atoms with Gasteiger partial charge in [0.05, 0.1) is 11.6 Å². The van der Waals surface area contributed by atoms with Crippen molar-refractivity contribution in [2.24, 2.45) is 5.18 Å². The third-order valence-electron chi connectivity index (χ3n) is 5.57. The largest absolute Gasteiger partial charge is 0.477 e. The third kappa shape index (κ3) is 4.93. The van der Waals surface area contributed by atoms with Crippen molar-refractivity contribution in [3.05, 3.63) is 43.4 Å². The number of thioether (sulfide) groups is 1. The van der Waals surface area contributed by atoms with Gasteiger partial charge >= 0.3 is 12.1 Å². The minimum absolute atomic E-state index is 0.000417. The fraction of sp³-hybridized carbons (Fsp3) is 0.316. The number of hydrogen-bond donors (Lipinski definition) is 4. The van der Waals surface area contributed by atoms with Crippen LogP contribution in [-0.4, -0.2) is 49.8 Å². The van der Waals surface area contributed by atoms with Gasteiger partial charge in [-0.15, -0.1) is 4.91 Å². The van der Waals surface area contributed by atoms with E-state index in [9.17, 15) is 37.6 Å². The molecule has 0 bridgehead atoms. The molecule has 0 aliphatic carbocycles. The first-order valence-corrected chi connectivity index (χ1v) is 12.2. The summed E-state index contributed by atoms with van der Waals surface area (Å²) in [5, 5.41) is 14.9. The number of carbonyl (C=O) groups is 3. The van der Waals surface area contributed by atoms with Gasteiger partial charge in [-0.05, 0) is 24.1 Å². The molecule has 4 rings (SSSR count). The van der Waals surface area contributed by atoms with Crippen LogP contribution in [0.5, 0.6) is 0 Å². The molecule has 2 amide bonds. The molecule has 6 N–H and O–H groups in total. The average Bonchev–Trinajstić information content (AvgIpc) is 3.15. The van der Waals surface area contributed by atoms with Crippen molar-refractivity contribution in [2.75, 3.05) is 11.5 Å². The number of allylic oxidation sites excluding steroid dienone is 1. The Morgan fingerprint density at radius 1 is 1.38 bits per heavy atom. The molecule has 0 radical (unpaired) electrons. The second-order valence-electron chi connectivity index (χ2n) is 7.80. The number of alkyl halides is 3. The van der Waals surface area contributed by atoms with Gasteiger partial charge in [0.1, 0.15) is 27.6 Å². The topological polar surface area (TPSA) is 194 Å². The second kappa shape index (κ2) is 9.79. The van der Waals surface area contributed by atoms with Crippen molar-refractivity contribution in [2.45, 2.75) is 42.0 Å². The van der Waals surface area contributed by atoms with Crippen LogP contribution in [0.3, 0.4) is 0 Å². The number of aromatic nitrogens is 2. The molecule has 2 aromatic heterocycles. The van der Waals surface area contributed by atoms with Gasteiger partial charge in [-0.3, -0.25) is 14.5 Å². The number of hydrogen-bond acceptors (Lipinski definition) is 11. The number of aliphatic carboxylic acids is 1. The zero-order valence-electron chi connectivity index (χ0n) is 18.2. The summed E-state index contributed by atoms with van der Waals surface area (Å²) in [7, 11) is 0. The van der Waals surface area contributed by atoms with Crippen LogP contribution in [0, 0.1) is 4.91 Å². The highest BCUT2D eigenvalue weighted by Gasteiger charge is 2.54. The molecule has 2 aromatic rings. The zero-order chi connectivity index (χ0) is 27.2.